The lowest BCUT2D eigenvalue weighted by Crippen LogP contribution is -1.93. The molecule has 0 amide bonds. The highest BCUT2D eigenvalue weighted by molar-refractivity contribution is 6.05. The molecule has 3 heteroatoms. The van der Waals surface area contributed by atoms with E-state index in [1.54, 1.807) is 0 Å². The smallest absolute Gasteiger partial charge is 0.140 e. The predicted octanol–water partition coefficient (Wildman–Crippen LogP) is 4.44. The highest BCUT2D eigenvalue weighted by atomic mass is 15.1. The topological polar surface area (TPSA) is 29.9 Å². The largest absolute Gasteiger partial charge is 0.388 e. The van der Waals surface area contributed by atoms with Crippen molar-refractivity contribution in [1.29, 1.82) is 0 Å². The summed E-state index contributed by atoms with van der Waals surface area (Å²) < 4.78 is 2.16. The normalized spacial score (nSPS) is 11.2. The third kappa shape index (κ3) is 1.86. The van der Waals surface area contributed by atoms with Gasteiger partial charge in [0.2, 0.25) is 0 Å². The standard InChI is InChI=1S/C19H17N3/c1-20-15-10-7-14(8-11-15)19-21-18-16-6-4-3-5-13(16)9-12-17(18)22(19)2/h3-12,20H,1-2H3. The quantitative estimate of drug-likeness (QED) is 0.591. The van der Waals surface area contributed by atoms with Crippen LogP contribution in [0.25, 0.3) is 33.2 Å². The molecule has 0 aliphatic heterocycles. The van der Waals surface area contributed by atoms with Gasteiger partial charge in [0.25, 0.3) is 0 Å². The number of rotatable bonds is 2. The number of nitrogens with zero attached hydrogens (tertiary/aromatic N) is 2. The van der Waals surface area contributed by atoms with Crippen LogP contribution in [0.15, 0.2) is 60.7 Å². The number of aryl methyl sites for hydroxylation is 1. The Hall–Kier alpha value is -2.81. The average Bonchev–Trinajstić information content (AvgIpc) is 2.92. The van der Waals surface area contributed by atoms with Gasteiger partial charge in [0.1, 0.15) is 5.82 Å². The van der Waals surface area contributed by atoms with Gasteiger partial charge in [-0.3, -0.25) is 0 Å². The molecule has 1 N–H and O–H groups in total. The number of benzene rings is 3. The Bertz CT molecular complexity index is 965. The molecule has 0 atom stereocenters. The second-order valence-electron chi connectivity index (χ2n) is 5.48. The molecule has 0 aliphatic rings. The number of hydrogen-bond acceptors (Lipinski definition) is 2. The van der Waals surface area contributed by atoms with Gasteiger partial charge < -0.3 is 9.88 Å². The summed E-state index contributed by atoms with van der Waals surface area (Å²) in [5.41, 5.74) is 4.45. The highest BCUT2D eigenvalue weighted by Gasteiger charge is 2.11. The van der Waals surface area contributed by atoms with Gasteiger partial charge in [-0.05, 0) is 35.7 Å². The van der Waals surface area contributed by atoms with E-state index >= 15 is 0 Å². The highest BCUT2D eigenvalue weighted by Crippen LogP contribution is 2.29. The first-order chi connectivity index (χ1) is 10.8. The van der Waals surface area contributed by atoms with E-state index < -0.39 is 0 Å². The maximum Gasteiger partial charge on any atom is 0.140 e. The Morgan fingerprint density at radius 2 is 1.68 bits per heavy atom. The molecule has 1 aromatic heterocycles. The lowest BCUT2D eigenvalue weighted by Gasteiger charge is -2.04. The van der Waals surface area contributed by atoms with Gasteiger partial charge >= 0.3 is 0 Å². The van der Waals surface area contributed by atoms with E-state index in [0.717, 1.165) is 28.1 Å². The van der Waals surface area contributed by atoms with Crippen molar-refractivity contribution in [2.75, 3.05) is 12.4 Å². The van der Waals surface area contributed by atoms with Crippen LogP contribution in [0.5, 0.6) is 0 Å². The minimum absolute atomic E-state index is 0.994. The fourth-order valence-corrected chi connectivity index (χ4v) is 2.97. The maximum atomic E-state index is 4.91. The molecule has 108 valence electrons. The molecule has 0 saturated carbocycles. The summed E-state index contributed by atoms with van der Waals surface area (Å²) in [5.74, 6) is 0.994. The fourth-order valence-electron chi connectivity index (χ4n) is 2.97. The Morgan fingerprint density at radius 1 is 0.909 bits per heavy atom. The van der Waals surface area contributed by atoms with Crippen molar-refractivity contribution in [3.05, 3.63) is 60.7 Å². The van der Waals surface area contributed by atoms with E-state index in [1.165, 1.54) is 10.8 Å². The molecule has 0 fully saturated rings. The van der Waals surface area contributed by atoms with E-state index in [9.17, 15) is 0 Å². The lowest BCUT2D eigenvalue weighted by atomic mass is 10.1. The second-order valence-corrected chi connectivity index (χ2v) is 5.48. The Labute approximate surface area is 129 Å². The number of anilines is 1. The molecule has 0 aliphatic carbocycles. The molecule has 22 heavy (non-hydrogen) atoms. The zero-order chi connectivity index (χ0) is 15.1. The minimum Gasteiger partial charge on any atom is -0.388 e. The molecule has 0 spiro atoms. The van der Waals surface area contributed by atoms with Crippen LogP contribution in [0, 0.1) is 0 Å². The predicted molar refractivity (Wildman–Crippen MR) is 93.2 cm³/mol. The first-order valence-electron chi connectivity index (χ1n) is 7.40. The second kappa shape index (κ2) is 4.88. The van der Waals surface area contributed by atoms with Crippen molar-refractivity contribution >= 4 is 27.5 Å². The molecule has 1 heterocycles. The number of aromatic nitrogens is 2. The molecule has 3 nitrogen and oxygen atoms in total. The van der Waals surface area contributed by atoms with Crippen LogP contribution < -0.4 is 5.32 Å². The van der Waals surface area contributed by atoms with Crippen LogP contribution >= 0.6 is 0 Å². The number of fused-ring (bicyclic) bond motifs is 3. The molecule has 4 aromatic rings. The van der Waals surface area contributed by atoms with Gasteiger partial charge in [0.05, 0.1) is 11.0 Å². The fraction of sp³-hybridized carbons (Fsp3) is 0.105. The number of hydrogen-bond donors (Lipinski definition) is 1. The van der Waals surface area contributed by atoms with Gasteiger partial charge in [-0.25, -0.2) is 4.98 Å². The molecule has 4 rings (SSSR count). The van der Waals surface area contributed by atoms with Gasteiger partial charge in [-0.2, -0.15) is 0 Å². The Balaban J connectivity index is 1.98. The van der Waals surface area contributed by atoms with Gasteiger partial charge in [-0.1, -0.05) is 30.3 Å². The zero-order valence-corrected chi connectivity index (χ0v) is 12.7. The summed E-state index contributed by atoms with van der Waals surface area (Å²) in [7, 11) is 4.00. The first-order valence-corrected chi connectivity index (χ1v) is 7.40. The summed E-state index contributed by atoms with van der Waals surface area (Å²) in [6.45, 7) is 0. The van der Waals surface area contributed by atoms with Crippen LogP contribution in [-0.2, 0) is 7.05 Å². The average molecular weight is 287 g/mol. The van der Waals surface area contributed by atoms with Gasteiger partial charge in [0, 0.05) is 30.7 Å². The van der Waals surface area contributed by atoms with Crippen molar-refractivity contribution in [2.45, 2.75) is 0 Å². The summed E-state index contributed by atoms with van der Waals surface area (Å²) in [6.07, 6.45) is 0. The van der Waals surface area contributed by atoms with Crippen LogP contribution in [0.2, 0.25) is 0 Å². The van der Waals surface area contributed by atoms with E-state index in [0.29, 0.717) is 0 Å². The molecular formula is C19H17N3. The Kier molecular flexibility index (Phi) is 2.86. The Morgan fingerprint density at radius 3 is 2.45 bits per heavy atom. The third-order valence-corrected chi connectivity index (χ3v) is 4.21. The third-order valence-electron chi connectivity index (χ3n) is 4.21. The van der Waals surface area contributed by atoms with E-state index in [1.807, 2.05) is 7.05 Å². The monoisotopic (exact) mass is 287 g/mol. The minimum atomic E-state index is 0.994. The summed E-state index contributed by atoms with van der Waals surface area (Å²) in [5, 5.41) is 5.57. The zero-order valence-electron chi connectivity index (χ0n) is 12.7. The molecule has 0 radical (unpaired) electrons. The molecule has 0 saturated heterocycles. The molecular weight excluding hydrogens is 270 g/mol. The molecule has 3 aromatic carbocycles. The van der Waals surface area contributed by atoms with Crippen LogP contribution in [0.3, 0.4) is 0 Å². The summed E-state index contributed by atoms with van der Waals surface area (Å²) >= 11 is 0. The SMILES string of the molecule is CNc1ccc(-c2nc3c4ccccc4ccc3n2C)cc1. The first kappa shape index (κ1) is 12.9. The van der Waals surface area contributed by atoms with Crippen LogP contribution in [0.4, 0.5) is 5.69 Å². The van der Waals surface area contributed by atoms with Crippen molar-refractivity contribution in [3.8, 4) is 11.4 Å². The van der Waals surface area contributed by atoms with Crippen molar-refractivity contribution < 1.29 is 0 Å². The van der Waals surface area contributed by atoms with Gasteiger partial charge in [0.15, 0.2) is 0 Å². The number of nitrogens with one attached hydrogen (secondary N) is 1. The van der Waals surface area contributed by atoms with Crippen LogP contribution in [0.1, 0.15) is 0 Å². The summed E-state index contributed by atoms with van der Waals surface area (Å²) in [4.78, 5) is 4.91. The lowest BCUT2D eigenvalue weighted by molar-refractivity contribution is 0.959. The maximum absolute atomic E-state index is 4.91. The van der Waals surface area contributed by atoms with E-state index in [2.05, 4.69) is 77.6 Å². The van der Waals surface area contributed by atoms with E-state index in [4.69, 9.17) is 4.98 Å². The van der Waals surface area contributed by atoms with Gasteiger partial charge in [-0.15, -0.1) is 0 Å². The molecule has 0 unspecified atom stereocenters. The van der Waals surface area contributed by atoms with Crippen molar-refractivity contribution in [3.63, 3.8) is 0 Å². The van der Waals surface area contributed by atoms with E-state index in [-0.39, 0.29) is 0 Å². The van der Waals surface area contributed by atoms with Crippen LogP contribution in [-0.4, -0.2) is 16.6 Å². The van der Waals surface area contributed by atoms with Crippen molar-refractivity contribution in [2.24, 2.45) is 7.05 Å². The van der Waals surface area contributed by atoms with Crippen molar-refractivity contribution in [1.82, 2.24) is 9.55 Å². The molecule has 0 bridgehead atoms. The summed E-state index contributed by atoms with van der Waals surface area (Å²) in [6, 6.07) is 21.1. The number of imidazole rings is 1.